The Morgan fingerprint density at radius 2 is 1.80 bits per heavy atom. The molecule has 0 atom stereocenters. The minimum atomic E-state index is 0.676. The van der Waals surface area contributed by atoms with Gasteiger partial charge >= 0.3 is 0 Å². The van der Waals surface area contributed by atoms with Crippen LogP contribution in [0, 0.1) is 27.7 Å². The van der Waals surface area contributed by atoms with E-state index in [0.717, 1.165) is 24.0 Å². The molecule has 0 saturated carbocycles. The summed E-state index contributed by atoms with van der Waals surface area (Å²) in [5, 5.41) is 22.4. The molecule has 0 spiro atoms. The fraction of sp³-hybridized carbons (Fsp3) is 0.375. The number of amidine groups is 1. The molecule has 1 aliphatic rings. The molecule has 0 saturated heterocycles. The summed E-state index contributed by atoms with van der Waals surface area (Å²) in [4.78, 5) is 21.9. The first kappa shape index (κ1) is 23.9. The number of aromatic amines is 3. The Bertz CT molecular complexity index is 779. The number of H-pyrrole nitrogens is 3. The van der Waals surface area contributed by atoms with Gasteiger partial charge in [0.15, 0.2) is 11.6 Å². The summed E-state index contributed by atoms with van der Waals surface area (Å²) in [5.41, 5.74) is 0. The van der Waals surface area contributed by atoms with Crippen LogP contribution in [0.3, 0.4) is 0 Å². The van der Waals surface area contributed by atoms with E-state index in [4.69, 9.17) is 0 Å². The van der Waals surface area contributed by atoms with Crippen molar-refractivity contribution in [3.63, 3.8) is 0 Å². The largest absolute Gasteiger partial charge is 0.349 e. The maximum Gasteiger partial charge on any atom is 0.213 e. The van der Waals surface area contributed by atoms with Crippen molar-refractivity contribution in [3.8, 4) is 0 Å². The highest BCUT2D eigenvalue weighted by Crippen LogP contribution is 1.84. The molecule has 0 radical (unpaired) electrons. The Labute approximate surface area is 172 Å². The average Bonchev–Trinajstić information content (AvgIpc) is 3.50. The number of imidazole rings is 1. The van der Waals surface area contributed by atoms with Crippen molar-refractivity contribution >= 4 is 12.1 Å². The number of rotatable bonds is 0. The summed E-state index contributed by atoms with van der Waals surface area (Å²) in [6.45, 7) is 9.98. The Kier molecular flexibility index (Phi) is 11.9. The van der Waals surface area contributed by atoms with Crippen LogP contribution in [0.1, 0.15) is 30.2 Å². The second kappa shape index (κ2) is 14.9. The van der Waals surface area contributed by atoms with Crippen molar-refractivity contribution < 1.29 is 4.52 Å². The van der Waals surface area contributed by atoms with Crippen LogP contribution in [0.5, 0.6) is 0 Å². The maximum absolute atomic E-state index is 4.35. The Hall–Kier alpha value is -4.10. The molecule has 0 aliphatic carbocycles. The fourth-order valence-electron chi connectivity index (χ4n) is 1.43. The predicted molar refractivity (Wildman–Crippen MR) is 109 cm³/mol. The third kappa shape index (κ3) is 13.1. The van der Waals surface area contributed by atoms with Gasteiger partial charge in [0.25, 0.3) is 0 Å². The van der Waals surface area contributed by atoms with E-state index in [1.165, 1.54) is 12.7 Å². The lowest BCUT2D eigenvalue weighted by atomic mass is 10.7. The first-order valence-corrected chi connectivity index (χ1v) is 8.72. The lowest BCUT2D eigenvalue weighted by Gasteiger charge is -1.71. The number of hydrogen-bond acceptors (Lipinski definition) is 11. The quantitative estimate of drug-likeness (QED) is 0.379. The lowest BCUT2D eigenvalue weighted by Crippen LogP contribution is -1.73. The molecule has 4 aromatic rings. The van der Waals surface area contributed by atoms with E-state index in [-0.39, 0.29) is 0 Å². The summed E-state index contributed by atoms with van der Waals surface area (Å²) in [7, 11) is 0. The summed E-state index contributed by atoms with van der Waals surface area (Å²) in [6.07, 6.45) is 8.12. The van der Waals surface area contributed by atoms with E-state index < -0.39 is 0 Å². The molecule has 0 aromatic carbocycles. The molecule has 0 unspecified atom stereocenters. The van der Waals surface area contributed by atoms with Gasteiger partial charge in [0.05, 0.1) is 6.54 Å². The van der Waals surface area contributed by atoms with Gasteiger partial charge in [-0.2, -0.15) is 15.3 Å². The van der Waals surface area contributed by atoms with Gasteiger partial charge < -0.3 is 9.51 Å². The molecule has 5 rings (SSSR count). The predicted octanol–water partition coefficient (Wildman–Crippen LogP) is 1.21. The van der Waals surface area contributed by atoms with E-state index in [1.807, 2.05) is 20.8 Å². The molecule has 160 valence electrons. The molecule has 30 heavy (non-hydrogen) atoms. The Morgan fingerprint density at radius 1 is 0.967 bits per heavy atom. The van der Waals surface area contributed by atoms with Gasteiger partial charge in [0, 0.05) is 18.6 Å². The minimum Gasteiger partial charge on any atom is -0.349 e. The number of aliphatic imine (C=N–C) groups is 2. The topological polar surface area (TPSA) is 188 Å². The van der Waals surface area contributed by atoms with Crippen LogP contribution in [0.4, 0.5) is 0 Å². The van der Waals surface area contributed by atoms with Crippen LogP contribution < -0.4 is 0 Å². The number of hydrogen-bond donors (Lipinski definition) is 3. The molecular formula is C16H25N13O. The molecule has 0 bridgehead atoms. The molecule has 0 fully saturated rings. The average molecular weight is 415 g/mol. The lowest BCUT2D eigenvalue weighted by molar-refractivity contribution is 0.412. The number of aryl methyl sites for hydroxylation is 4. The minimum absolute atomic E-state index is 0.676. The smallest absolute Gasteiger partial charge is 0.213 e. The summed E-state index contributed by atoms with van der Waals surface area (Å²) >= 11 is 0. The zero-order valence-electron chi connectivity index (χ0n) is 17.5. The van der Waals surface area contributed by atoms with Crippen LogP contribution in [0.15, 0.2) is 39.6 Å². The van der Waals surface area contributed by atoms with E-state index >= 15 is 0 Å². The highest BCUT2D eigenvalue weighted by atomic mass is 16.5. The molecule has 14 nitrogen and oxygen atoms in total. The monoisotopic (exact) mass is 415 g/mol. The Balaban J connectivity index is 0.000000187. The van der Waals surface area contributed by atoms with Gasteiger partial charge in [0.2, 0.25) is 6.39 Å². The number of aromatic nitrogens is 11. The van der Waals surface area contributed by atoms with E-state index in [1.54, 1.807) is 32.5 Å². The van der Waals surface area contributed by atoms with Crippen LogP contribution >= 0.6 is 0 Å². The molecule has 4 aromatic heterocycles. The molecule has 14 heteroatoms. The van der Waals surface area contributed by atoms with Crippen LogP contribution in [-0.2, 0) is 0 Å². The summed E-state index contributed by atoms with van der Waals surface area (Å²) in [5.74, 6) is 4.07. The van der Waals surface area contributed by atoms with Gasteiger partial charge in [-0.05, 0) is 34.6 Å². The third-order valence-corrected chi connectivity index (χ3v) is 2.77. The first-order chi connectivity index (χ1) is 14.5. The molecule has 0 amide bonds. The Morgan fingerprint density at radius 3 is 1.97 bits per heavy atom. The summed E-state index contributed by atoms with van der Waals surface area (Å²) in [6, 6.07) is 0. The van der Waals surface area contributed by atoms with Crippen molar-refractivity contribution in [2.45, 2.75) is 34.6 Å². The molecular weight excluding hydrogens is 390 g/mol. The normalized spacial score (nSPS) is 10.8. The number of nitrogens with one attached hydrogen (secondary N) is 3. The highest BCUT2D eigenvalue weighted by molar-refractivity contribution is 5.92. The summed E-state index contributed by atoms with van der Waals surface area (Å²) < 4.78 is 4.35. The van der Waals surface area contributed by atoms with Crippen LogP contribution in [0.25, 0.3) is 0 Å². The molecule has 5 heterocycles. The second-order valence-corrected chi connectivity index (χ2v) is 5.38. The zero-order chi connectivity index (χ0) is 22.0. The highest BCUT2D eigenvalue weighted by Gasteiger charge is 1.87. The van der Waals surface area contributed by atoms with Crippen LogP contribution in [0.2, 0.25) is 0 Å². The molecule has 1 aliphatic heterocycles. The first-order valence-electron chi connectivity index (χ1n) is 8.72. The second-order valence-electron chi connectivity index (χ2n) is 5.38. The molecule has 3 N–H and O–H groups in total. The van der Waals surface area contributed by atoms with E-state index in [2.05, 4.69) is 70.4 Å². The number of tetrazole rings is 1. The van der Waals surface area contributed by atoms with Crippen molar-refractivity contribution in [3.05, 3.63) is 48.4 Å². The van der Waals surface area contributed by atoms with E-state index in [0.29, 0.717) is 11.6 Å². The van der Waals surface area contributed by atoms with Gasteiger partial charge in [0.1, 0.15) is 23.8 Å². The van der Waals surface area contributed by atoms with Crippen molar-refractivity contribution in [1.82, 2.24) is 55.9 Å². The van der Waals surface area contributed by atoms with E-state index in [9.17, 15) is 0 Å². The SMILES string of the molecule is CC1=NCC=N1.Cc1ncc[nH]1.Cc1ncn[nH]1.Cc1ncon1.Cc1nn[nH]n1. The van der Waals surface area contributed by atoms with Gasteiger partial charge in [-0.25, -0.2) is 15.0 Å². The van der Waals surface area contributed by atoms with Crippen molar-refractivity contribution in [2.24, 2.45) is 9.98 Å². The fourth-order valence-corrected chi connectivity index (χ4v) is 1.43. The van der Waals surface area contributed by atoms with Gasteiger partial charge in [-0.3, -0.25) is 10.1 Å². The van der Waals surface area contributed by atoms with Crippen molar-refractivity contribution in [2.75, 3.05) is 6.54 Å². The van der Waals surface area contributed by atoms with Gasteiger partial charge in [-0.1, -0.05) is 10.4 Å². The van der Waals surface area contributed by atoms with Crippen LogP contribution in [-0.4, -0.2) is 74.5 Å². The maximum atomic E-state index is 4.35. The third-order valence-electron chi connectivity index (χ3n) is 2.77. The standard InChI is InChI=1S/2C4H6N2.C3H5N3.C3H4N2O.C2H4N4/c2*1-4-5-2-3-6-4;1-3-4-2-5-6-3;1-3-4-2-6-5-3;1-2-3-5-6-4-2/h2H,3H2,1H3;2-3H,1H3,(H,5,6);2H,1H3,(H,4,5,6);2H,1H3;1H3,(H,3,4,5,6). The zero-order valence-corrected chi connectivity index (χ0v) is 17.5. The van der Waals surface area contributed by atoms with Crippen molar-refractivity contribution in [1.29, 1.82) is 0 Å². The van der Waals surface area contributed by atoms with Gasteiger partial charge in [-0.15, -0.1) is 10.2 Å². The number of nitrogens with zero attached hydrogens (tertiary/aromatic N) is 10.